The molecule has 0 radical (unpaired) electrons. The van der Waals surface area contributed by atoms with Gasteiger partial charge in [-0.15, -0.1) is 22.7 Å². The molecule has 13 nitrogen and oxygen atoms in total. The maximum Gasteiger partial charge on any atom is 0.367 e. The standard InChI is InChI=1S/C26H32N6O7S3/c1-4-39-26(35)24-30-18(15-41-24)14-29-17-7-5-8-19(13-17)42(36,37)32-20-10-12-40-22(20)23(33)31-21(25(34)38-3)9-6-11-28-16(2)27/h5,7-8,10,12-13,15,21,29,32H,4,6,9,11,14H2,1-3H3,(H2,27,28)(H,31,33)/t21-/m0/s1. The van der Waals surface area contributed by atoms with Gasteiger partial charge >= 0.3 is 11.9 Å². The minimum absolute atomic E-state index is 0.0428. The summed E-state index contributed by atoms with van der Waals surface area (Å²) in [5.41, 5.74) is 6.69. The van der Waals surface area contributed by atoms with Crippen LogP contribution in [0, 0.1) is 0 Å². The second kappa shape index (κ2) is 15.3. The molecule has 42 heavy (non-hydrogen) atoms. The topological polar surface area (TPSA) is 191 Å². The lowest BCUT2D eigenvalue weighted by atomic mass is 10.1. The van der Waals surface area contributed by atoms with Gasteiger partial charge in [0.2, 0.25) is 5.01 Å². The average molecular weight is 637 g/mol. The van der Waals surface area contributed by atoms with E-state index in [1.165, 1.54) is 25.3 Å². The van der Waals surface area contributed by atoms with E-state index in [9.17, 15) is 22.8 Å². The number of nitrogens with one attached hydrogen (secondary N) is 3. The molecule has 0 spiro atoms. The fraction of sp³-hybridized carbons (Fsp3) is 0.346. The number of rotatable bonds is 15. The van der Waals surface area contributed by atoms with Crippen molar-refractivity contribution in [1.82, 2.24) is 10.3 Å². The van der Waals surface area contributed by atoms with Crippen LogP contribution in [0.1, 0.15) is 51.9 Å². The predicted octanol–water partition coefficient (Wildman–Crippen LogP) is 3.22. The van der Waals surface area contributed by atoms with Crippen LogP contribution in [-0.4, -0.2) is 63.4 Å². The van der Waals surface area contributed by atoms with Gasteiger partial charge in [0.25, 0.3) is 15.9 Å². The Morgan fingerprint density at radius 1 is 1.19 bits per heavy atom. The van der Waals surface area contributed by atoms with Gasteiger partial charge in [0.05, 0.1) is 42.4 Å². The van der Waals surface area contributed by atoms with E-state index in [0.29, 0.717) is 30.2 Å². The first-order valence-electron chi connectivity index (χ1n) is 12.7. The molecule has 0 saturated carbocycles. The van der Waals surface area contributed by atoms with Crippen LogP contribution in [0.2, 0.25) is 0 Å². The van der Waals surface area contributed by atoms with Gasteiger partial charge in [-0.1, -0.05) is 6.07 Å². The number of nitrogens with two attached hydrogens (primary N) is 1. The van der Waals surface area contributed by atoms with E-state index < -0.39 is 33.9 Å². The third-order valence-electron chi connectivity index (χ3n) is 5.54. The van der Waals surface area contributed by atoms with Crippen LogP contribution >= 0.6 is 22.7 Å². The van der Waals surface area contributed by atoms with Crippen LogP contribution in [0.15, 0.2) is 51.0 Å². The maximum absolute atomic E-state index is 13.2. The highest BCUT2D eigenvalue weighted by atomic mass is 32.2. The quantitative estimate of drug-likeness (QED) is 0.0834. The number of benzene rings is 1. The van der Waals surface area contributed by atoms with Crippen LogP contribution < -0.4 is 21.1 Å². The SMILES string of the molecule is CCOC(=O)c1nc(CNc2cccc(S(=O)(=O)Nc3ccsc3C(=O)N[C@@H](CCCN=C(C)N)C(=O)OC)c2)cs1. The first kappa shape index (κ1) is 32.5. The molecule has 3 aromatic rings. The molecule has 0 aliphatic heterocycles. The normalized spacial score (nSPS) is 12.3. The molecule has 16 heteroatoms. The van der Waals surface area contributed by atoms with Crippen molar-refractivity contribution in [3.63, 3.8) is 0 Å². The number of methoxy groups -OCH3 is 1. The van der Waals surface area contributed by atoms with Crippen molar-refractivity contribution in [1.29, 1.82) is 0 Å². The number of sulfonamides is 1. The van der Waals surface area contributed by atoms with Gasteiger partial charge in [-0.05, 0) is 56.3 Å². The van der Waals surface area contributed by atoms with E-state index in [1.807, 2.05) is 0 Å². The van der Waals surface area contributed by atoms with Crippen LogP contribution in [0.4, 0.5) is 11.4 Å². The number of esters is 2. The molecule has 0 fully saturated rings. The van der Waals surface area contributed by atoms with Gasteiger partial charge in [0.15, 0.2) is 0 Å². The van der Waals surface area contributed by atoms with E-state index in [0.717, 1.165) is 22.7 Å². The number of anilines is 2. The number of aliphatic imine (C=N–C) groups is 1. The monoisotopic (exact) mass is 636 g/mol. The molecule has 0 bridgehead atoms. The molecule has 1 amide bonds. The van der Waals surface area contributed by atoms with Gasteiger partial charge in [-0.3, -0.25) is 14.5 Å². The molecule has 2 heterocycles. The molecule has 0 aliphatic rings. The molecule has 1 atom stereocenters. The van der Waals surface area contributed by atoms with Crippen molar-refractivity contribution in [2.75, 3.05) is 30.3 Å². The summed E-state index contributed by atoms with van der Waals surface area (Å²) in [5.74, 6) is -1.34. The minimum atomic E-state index is -4.09. The molecule has 0 aliphatic carbocycles. The Kier molecular flexibility index (Phi) is 11.8. The fourth-order valence-corrected chi connectivity index (χ4v) is 6.22. The van der Waals surface area contributed by atoms with Crippen LogP contribution in [-0.2, 0) is 30.8 Å². The number of amides is 1. The van der Waals surface area contributed by atoms with E-state index >= 15 is 0 Å². The van der Waals surface area contributed by atoms with Crippen molar-refractivity contribution in [3.8, 4) is 0 Å². The lowest BCUT2D eigenvalue weighted by Crippen LogP contribution is -2.41. The van der Waals surface area contributed by atoms with Crippen LogP contribution in [0.3, 0.4) is 0 Å². The highest BCUT2D eigenvalue weighted by Gasteiger charge is 2.25. The van der Waals surface area contributed by atoms with Crippen LogP contribution in [0.25, 0.3) is 0 Å². The number of aromatic nitrogens is 1. The molecule has 0 saturated heterocycles. The van der Waals surface area contributed by atoms with Crippen molar-refractivity contribution in [2.24, 2.45) is 10.7 Å². The summed E-state index contributed by atoms with van der Waals surface area (Å²) in [6.45, 7) is 4.24. The Morgan fingerprint density at radius 3 is 2.69 bits per heavy atom. The van der Waals surface area contributed by atoms with E-state index in [4.69, 9.17) is 15.2 Å². The van der Waals surface area contributed by atoms with Crippen molar-refractivity contribution >= 4 is 67.8 Å². The van der Waals surface area contributed by atoms with E-state index in [1.54, 1.807) is 36.7 Å². The zero-order chi connectivity index (χ0) is 30.7. The first-order chi connectivity index (χ1) is 20.0. The largest absolute Gasteiger partial charge is 0.467 e. The number of hydrogen-bond acceptors (Lipinski definition) is 12. The zero-order valence-electron chi connectivity index (χ0n) is 23.2. The molecular formula is C26H32N6O7S3. The number of hydrogen-bond donors (Lipinski definition) is 4. The van der Waals surface area contributed by atoms with Crippen molar-refractivity contribution in [2.45, 2.75) is 44.2 Å². The Balaban J connectivity index is 1.67. The van der Waals surface area contributed by atoms with Crippen LogP contribution in [0.5, 0.6) is 0 Å². The number of ether oxygens (including phenoxy) is 2. The molecule has 226 valence electrons. The number of amidine groups is 1. The number of carbonyl (C=O) groups is 3. The fourth-order valence-electron chi connectivity index (χ4n) is 3.58. The zero-order valence-corrected chi connectivity index (χ0v) is 25.7. The lowest BCUT2D eigenvalue weighted by Gasteiger charge is -2.16. The summed E-state index contributed by atoms with van der Waals surface area (Å²) >= 11 is 2.18. The Morgan fingerprint density at radius 2 is 1.98 bits per heavy atom. The van der Waals surface area contributed by atoms with Crippen molar-refractivity contribution < 1.29 is 32.3 Å². The molecule has 3 rings (SSSR count). The van der Waals surface area contributed by atoms with E-state index in [-0.39, 0.29) is 40.0 Å². The Bertz CT molecular complexity index is 1530. The first-order valence-corrected chi connectivity index (χ1v) is 16.0. The molecule has 5 N–H and O–H groups in total. The number of thiophene rings is 1. The summed E-state index contributed by atoms with van der Waals surface area (Å²) in [6, 6.07) is 6.63. The summed E-state index contributed by atoms with van der Waals surface area (Å²) in [7, 11) is -2.87. The molecule has 1 aromatic carbocycles. The Labute approximate surface area is 251 Å². The Hall–Kier alpha value is -4.02. The summed E-state index contributed by atoms with van der Waals surface area (Å²) in [5, 5.41) is 9.22. The van der Waals surface area contributed by atoms with Gasteiger partial charge in [0.1, 0.15) is 10.9 Å². The molecule has 2 aromatic heterocycles. The smallest absolute Gasteiger partial charge is 0.367 e. The van der Waals surface area contributed by atoms with Crippen molar-refractivity contribution in [3.05, 3.63) is 56.7 Å². The minimum Gasteiger partial charge on any atom is -0.467 e. The summed E-state index contributed by atoms with van der Waals surface area (Å²) in [4.78, 5) is 45.5. The third kappa shape index (κ3) is 9.25. The summed E-state index contributed by atoms with van der Waals surface area (Å²) in [6.07, 6.45) is 0.727. The number of carbonyl (C=O) groups excluding carboxylic acids is 3. The van der Waals surface area contributed by atoms with Gasteiger partial charge in [-0.25, -0.2) is 23.0 Å². The number of thiazole rings is 1. The second-order valence-electron chi connectivity index (χ2n) is 8.73. The third-order valence-corrected chi connectivity index (χ3v) is 8.69. The summed E-state index contributed by atoms with van der Waals surface area (Å²) < 4.78 is 38.7. The molecule has 0 unspecified atom stereocenters. The highest BCUT2D eigenvalue weighted by molar-refractivity contribution is 7.92. The predicted molar refractivity (Wildman–Crippen MR) is 162 cm³/mol. The average Bonchev–Trinajstić information content (AvgIpc) is 3.63. The van der Waals surface area contributed by atoms with Gasteiger partial charge < -0.3 is 25.8 Å². The highest BCUT2D eigenvalue weighted by Crippen LogP contribution is 2.26. The van der Waals surface area contributed by atoms with E-state index in [2.05, 4.69) is 25.3 Å². The van der Waals surface area contributed by atoms with Gasteiger partial charge in [0, 0.05) is 17.6 Å². The number of nitrogens with zero attached hydrogens (tertiary/aromatic N) is 2. The van der Waals surface area contributed by atoms with Gasteiger partial charge in [-0.2, -0.15) is 0 Å². The lowest BCUT2D eigenvalue weighted by molar-refractivity contribution is -0.143. The maximum atomic E-state index is 13.2. The molecular weight excluding hydrogens is 605 g/mol. The second-order valence-corrected chi connectivity index (χ2v) is 12.2.